The number of nitrogens with one attached hydrogen (secondary N) is 2. The maximum absolute atomic E-state index is 11.0. The SMILES string of the molecule is C[CH]CC(=N)C1CCC(O)(c2ccc(-c3cn[nH]c3)cc2)CC1. The van der Waals surface area contributed by atoms with Gasteiger partial charge in [0.25, 0.3) is 0 Å². The maximum Gasteiger partial charge on any atom is 0.0897 e. The van der Waals surface area contributed by atoms with Gasteiger partial charge in [0.2, 0.25) is 0 Å². The number of hydrogen-bond acceptors (Lipinski definition) is 3. The molecule has 1 fully saturated rings. The van der Waals surface area contributed by atoms with E-state index in [-0.39, 0.29) is 0 Å². The van der Waals surface area contributed by atoms with Crippen LogP contribution in [0.25, 0.3) is 11.1 Å². The van der Waals surface area contributed by atoms with E-state index in [0.717, 1.165) is 54.5 Å². The first-order valence-corrected chi connectivity index (χ1v) is 8.29. The van der Waals surface area contributed by atoms with Crippen LogP contribution in [-0.2, 0) is 5.60 Å². The fourth-order valence-electron chi connectivity index (χ4n) is 3.50. The molecule has 3 N–H and O–H groups in total. The second-order valence-electron chi connectivity index (χ2n) is 6.51. The highest BCUT2D eigenvalue weighted by Gasteiger charge is 2.35. The highest BCUT2D eigenvalue weighted by Crippen LogP contribution is 2.40. The van der Waals surface area contributed by atoms with E-state index in [2.05, 4.69) is 10.2 Å². The predicted octanol–water partition coefficient (Wildman–Crippen LogP) is 4.09. The Balaban J connectivity index is 1.68. The summed E-state index contributed by atoms with van der Waals surface area (Å²) in [6, 6.07) is 8.12. The van der Waals surface area contributed by atoms with E-state index in [1.54, 1.807) is 6.20 Å². The predicted molar refractivity (Wildman–Crippen MR) is 92.2 cm³/mol. The lowest BCUT2D eigenvalue weighted by molar-refractivity contribution is -0.00711. The molecule has 0 bridgehead atoms. The standard InChI is InChI=1S/C19H24N3O/c1-2-3-18(20)15-8-10-19(23,11-9-15)17-6-4-14(5-7-17)16-12-21-22-13-16/h2,4-7,12-13,15,20,23H,3,8-11H2,1H3,(H,21,22). The number of aliphatic hydroxyl groups is 1. The van der Waals surface area contributed by atoms with Crippen molar-refractivity contribution in [3.63, 3.8) is 0 Å². The summed E-state index contributed by atoms with van der Waals surface area (Å²) in [6.07, 6.45) is 9.72. The minimum atomic E-state index is -0.748. The molecule has 2 aromatic rings. The summed E-state index contributed by atoms with van der Waals surface area (Å²) < 4.78 is 0. The van der Waals surface area contributed by atoms with E-state index in [4.69, 9.17) is 5.41 Å². The van der Waals surface area contributed by atoms with E-state index >= 15 is 0 Å². The molecule has 4 nitrogen and oxygen atoms in total. The normalized spacial score (nSPS) is 24.5. The summed E-state index contributed by atoms with van der Waals surface area (Å²) in [7, 11) is 0. The highest BCUT2D eigenvalue weighted by atomic mass is 16.3. The number of nitrogens with zero attached hydrogens (tertiary/aromatic N) is 1. The van der Waals surface area contributed by atoms with Crippen LogP contribution in [0.15, 0.2) is 36.7 Å². The van der Waals surface area contributed by atoms with Crippen LogP contribution in [0.2, 0.25) is 0 Å². The number of aromatic nitrogens is 2. The number of hydrogen-bond donors (Lipinski definition) is 3. The van der Waals surface area contributed by atoms with Gasteiger partial charge in [-0.3, -0.25) is 5.10 Å². The molecule has 0 saturated heterocycles. The van der Waals surface area contributed by atoms with Crippen molar-refractivity contribution in [3.8, 4) is 11.1 Å². The van der Waals surface area contributed by atoms with E-state index in [0.29, 0.717) is 5.92 Å². The van der Waals surface area contributed by atoms with Crippen LogP contribution >= 0.6 is 0 Å². The van der Waals surface area contributed by atoms with E-state index in [1.165, 1.54) is 0 Å². The van der Waals surface area contributed by atoms with Crippen LogP contribution in [0.1, 0.15) is 44.6 Å². The Bertz CT molecular complexity index is 638. The lowest BCUT2D eigenvalue weighted by Crippen LogP contribution is -2.33. The molecular formula is C19H24N3O. The summed E-state index contributed by atoms with van der Waals surface area (Å²) in [5.74, 6) is 0.330. The fourth-order valence-corrected chi connectivity index (χ4v) is 3.50. The quantitative estimate of drug-likeness (QED) is 0.728. The van der Waals surface area contributed by atoms with Crippen molar-refractivity contribution in [1.29, 1.82) is 5.41 Å². The summed E-state index contributed by atoms with van der Waals surface area (Å²) in [4.78, 5) is 0. The second kappa shape index (κ2) is 6.67. The van der Waals surface area contributed by atoms with Crippen LogP contribution < -0.4 is 0 Å². The van der Waals surface area contributed by atoms with Gasteiger partial charge in [0.05, 0.1) is 11.8 Å². The lowest BCUT2D eigenvalue weighted by Gasteiger charge is -2.36. The van der Waals surface area contributed by atoms with Gasteiger partial charge >= 0.3 is 0 Å². The Morgan fingerprint density at radius 2 is 2.00 bits per heavy atom. The Morgan fingerprint density at radius 3 is 2.57 bits per heavy atom. The van der Waals surface area contributed by atoms with Crippen molar-refractivity contribution in [2.45, 2.75) is 44.6 Å². The van der Waals surface area contributed by atoms with Crippen molar-refractivity contribution in [3.05, 3.63) is 48.6 Å². The number of H-pyrrole nitrogens is 1. The summed E-state index contributed by atoms with van der Waals surface area (Å²) in [5, 5.41) is 25.9. The number of benzene rings is 1. The molecule has 0 aliphatic heterocycles. The van der Waals surface area contributed by atoms with Gasteiger partial charge < -0.3 is 10.5 Å². The van der Waals surface area contributed by atoms with E-state index in [9.17, 15) is 5.11 Å². The molecule has 4 heteroatoms. The number of aromatic amines is 1. The maximum atomic E-state index is 11.0. The average Bonchev–Trinajstić information content (AvgIpc) is 3.10. The van der Waals surface area contributed by atoms with Crippen molar-refractivity contribution in [2.75, 3.05) is 0 Å². The Hall–Kier alpha value is -1.94. The fraction of sp³-hybridized carbons (Fsp3) is 0.421. The monoisotopic (exact) mass is 310 g/mol. The molecule has 1 saturated carbocycles. The molecule has 23 heavy (non-hydrogen) atoms. The third-order valence-electron chi connectivity index (χ3n) is 4.98. The molecule has 1 radical (unpaired) electrons. The van der Waals surface area contributed by atoms with Gasteiger partial charge in [-0.1, -0.05) is 31.2 Å². The van der Waals surface area contributed by atoms with Gasteiger partial charge in [-0.05, 0) is 55.6 Å². The molecular weight excluding hydrogens is 286 g/mol. The summed E-state index contributed by atoms with van der Waals surface area (Å²) in [5.41, 5.74) is 3.19. The van der Waals surface area contributed by atoms with Crippen LogP contribution in [0.5, 0.6) is 0 Å². The van der Waals surface area contributed by atoms with E-state index < -0.39 is 5.60 Å². The van der Waals surface area contributed by atoms with Gasteiger partial charge in [-0.15, -0.1) is 0 Å². The first-order valence-electron chi connectivity index (χ1n) is 8.29. The van der Waals surface area contributed by atoms with Crippen molar-refractivity contribution in [2.24, 2.45) is 5.92 Å². The minimum absolute atomic E-state index is 0.330. The zero-order valence-electron chi connectivity index (χ0n) is 13.5. The molecule has 1 aliphatic carbocycles. The zero-order valence-corrected chi connectivity index (χ0v) is 13.5. The molecule has 1 aromatic heterocycles. The molecule has 121 valence electrons. The van der Waals surface area contributed by atoms with Crippen molar-refractivity contribution in [1.82, 2.24) is 10.2 Å². The molecule has 0 amide bonds. The van der Waals surface area contributed by atoms with Gasteiger partial charge in [0, 0.05) is 17.5 Å². The highest BCUT2D eigenvalue weighted by molar-refractivity contribution is 5.84. The van der Waals surface area contributed by atoms with Crippen LogP contribution in [0.4, 0.5) is 0 Å². The first-order chi connectivity index (χ1) is 11.1. The summed E-state index contributed by atoms with van der Waals surface area (Å²) in [6.45, 7) is 2.00. The Kier molecular flexibility index (Phi) is 4.62. The van der Waals surface area contributed by atoms with Gasteiger partial charge in [-0.25, -0.2) is 0 Å². The molecule has 1 heterocycles. The van der Waals surface area contributed by atoms with E-state index in [1.807, 2.05) is 43.8 Å². The number of rotatable bonds is 5. The van der Waals surface area contributed by atoms with Crippen LogP contribution in [0.3, 0.4) is 0 Å². The van der Waals surface area contributed by atoms with Crippen LogP contribution in [-0.4, -0.2) is 21.0 Å². The first kappa shape index (κ1) is 15.9. The molecule has 1 aliphatic rings. The molecule has 0 spiro atoms. The molecule has 0 unspecified atom stereocenters. The Morgan fingerprint density at radius 1 is 1.30 bits per heavy atom. The zero-order chi connectivity index (χ0) is 16.3. The largest absolute Gasteiger partial charge is 0.385 e. The minimum Gasteiger partial charge on any atom is -0.385 e. The third kappa shape index (κ3) is 3.37. The molecule has 1 aromatic carbocycles. The smallest absolute Gasteiger partial charge is 0.0897 e. The van der Waals surface area contributed by atoms with Crippen molar-refractivity contribution >= 4 is 5.71 Å². The molecule has 0 atom stereocenters. The van der Waals surface area contributed by atoms with Crippen LogP contribution in [0, 0.1) is 17.7 Å². The van der Waals surface area contributed by atoms with Gasteiger partial charge in [-0.2, -0.15) is 5.10 Å². The second-order valence-corrected chi connectivity index (χ2v) is 6.51. The van der Waals surface area contributed by atoms with Gasteiger partial charge in [0.1, 0.15) is 0 Å². The lowest BCUT2D eigenvalue weighted by atomic mass is 9.73. The summed E-state index contributed by atoms with van der Waals surface area (Å²) >= 11 is 0. The van der Waals surface area contributed by atoms with Crippen molar-refractivity contribution < 1.29 is 5.11 Å². The average molecular weight is 310 g/mol. The Labute approximate surface area is 137 Å². The topological polar surface area (TPSA) is 72.8 Å². The van der Waals surface area contributed by atoms with Gasteiger partial charge in [0.15, 0.2) is 0 Å². The molecule has 3 rings (SSSR count). The third-order valence-corrected chi connectivity index (χ3v) is 4.98.